The number of ether oxygens (including phenoxy) is 2. The van der Waals surface area contributed by atoms with Gasteiger partial charge < -0.3 is 14.8 Å². The largest absolute Gasteiger partial charge is 0.490 e. The Morgan fingerprint density at radius 2 is 1.90 bits per heavy atom. The molecule has 0 atom stereocenters. The Balaban J connectivity index is 1.65. The lowest BCUT2D eigenvalue weighted by atomic mass is 10.2. The van der Waals surface area contributed by atoms with Crippen molar-refractivity contribution in [1.82, 2.24) is 20.2 Å². The monoisotopic (exact) mass is 435 g/mol. The maximum absolute atomic E-state index is 6.22. The molecule has 0 aliphatic carbocycles. The van der Waals surface area contributed by atoms with Gasteiger partial charge in [0, 0.05) is 22.2 Å². The molecule has 1 heterocycles. The van der Waals surface area contributed by atoms with E-state index in [0.717, 1.165) is 24.1 Å². The molecule has 0 amide bonds. The molecule has 0 saturated heterocycles. The van der Waals surface area contributed by atoms with Gasteiger partial charge in [-0.3, -0.25) is 0 Å². The third kappa shape index (κ3) is 5.98. The fourth-order valence-electron chi connectivity index (χ4n) is 2.63. The van der Waals surface area contributed by atoms with Crippen LogP contribution in [-0.4, -0.2) is 26.8 Å². The Morgan fingerprint density at radius 3 is 2.66 bits per heavy atom. The van der Waals surface area contributed by atoms with E-state index >= 15 is 0 Å². The van der Waals surface area contributed by atoms with E-state index in [-0.39, 0.29) is 0 Å². The van der Waals surface area contributed by atoms with Crippen LogP contribution in [0.4, 0.5) is 5.95 Å². The summed E-state index contributed by atoms with van der Waals surface area (Å²) in [5.74, 6) is 1.81. The third-order valence-corrected chi connectivity index (χ3v) is 4.62. The van der Waals surface area contributed by atoms with Gasteiger partial charge in [-0.05, 0) is 48.4 Å². The number of tetrazole rings is 1. The van der Waals surface area contributed by atoms with Crippen molar-refractivity contribution in [3.05, 3.63) is 57.6 Å². The number of nitrogens with zero attached hydrogens (tertiary/aromatic N) is 4. The predicted molar refractivity (Wildman–Crippen MR) is 114 cm³/mol. The molecule has 0 aliphatic rings. The molecule has 0 aliphatic heterocycles. The van der Waals surface area contributed by atoms with E-state index in [1.165, 1.54) is 0 Å². The molecule has 9 heteroatoms. The van der Waals surface area contributed by atoms with Crippen molar-refractivity contribution in [2.75, 3.05) is 11.9 Å². The van der Waals surface area contributed by atoms with Crippen LogP contribution in [-0.2, 0) is 19.7 Å². The first-order chi connectivity index (χ1) is 14.1. The lowest BCUT2D eigenvalue weighted by molar-refractivity contribution is 0.269. The summed E-state index contributed by atoms with van der Waals surface area (Å²) < 4.78 is 11.7. The van der Waals surface area contributed by atoms with E-state index in [1.54, 1.807) is 16.9 Å². The molecule has 3 aromatic rings. The summed E-state index contributed by atoms with van der Waals surface area (Å²) in [7, 11) is 0. The Bertz CT molecular complexity index is 948. The number of hydrogen-bond acceptors (Lipinski definition) is 6. The standard InChI is InChI=1S/C20H23Cl2N5O2/c1-3-9-27-25-20(24-26-27)23-12-14-5-8-18(19(10-14)28-4-2)29-13-15-6-7-16(21)11-17(15)22/h5-8,10-11H,3-4,9,12-13H2,1-2H3,(H,23,25). The fraction of sp³-hybridized carbons (Fsp3) is 0.350. The first-order valence-electron chi connectivity index (χ1n) is 9.43. The zero-order chi connectivity index (χ0) is 20.6. The molecule has 0 unspecified atom stereocenters. The maximum atomic E-state index is 6.22. The van der Waals surface area contributed by atoms with Crippen molar-refractivity contribution in [3.63, 3.8) is 0 Å². The quantitative estimate of drug-likeness (QED) is 0.483. The summed E-state index contributed by atoms with van der Waals surface area (Å²) in [4.78, 5) is 1.58. The minimum absolute atomic E-state index is 0.318. The van der Waals surface area contributed by atoms with Crippen LogP contribution in [0.25, 0.3) is 0 Å². The van der Waals surface area contributed by atoms with Crippen molar-refractivity contribution in [2.45, 2.75) is 40.0 Å². The van der Waals surface area contributed by atoms with Crippen molar-refractivity contribution >= 4 is 29.2 Å². The summed E-state index contributed by atoms with van der Waals surface area (Å²) in [6.45, 7) is 6.13. The van der Waals surface area contributed by atoms with Gasteiger partial charge in [0.15, 0.2) is 11.5 Å². The number of benzene rings is 2. The van der Waals surface area contributed by atoms with E-state index in [0.29, 0.717) is 47.3 Å². The molecular formula is C20H23Cl2N5O2. The molecule has 0 bridgehead atoms. The highest BCUT2D eigenvalue weighted by Gasteiger charge is 2.10. The zero-order valence-electron chi connectivity index (χ0n) is 16.4. The van der Waals surface area contributed by atoms with Crippen LogP contribution in [0.15, 0.2) is 36.4 Å². The van der Waals surface area contributed by atoms with Crippen LogP contribution < -0.4 is 14.8 Å². The van der Waals surface area contributed by atoms with Crippen molar-refractivity contribution in [3.8, 4) is 11.5 Å². The third-order valence-electron chi connectivity index (χ3n) is 4.03. The van der Waals surface area contributed by atoms with Gasteiger partial charge in [0.1, 0.15) is 6.61 Å². The second-order valence-electron chi connectivity index (χ2n) is 6.30. The second-order valence-corrected chi connectivity index (χ2v) is 7.14. The number of rotatable bonds is 10. The van der Waals surface area contributed by atoms with E-state index < -0.39 is 0 Å². The maximum Gasteiger partial charge on any atom is 0.263 e. The van der Waals surface area contributed by atoms with Crippen molar-refractivity contribution in [2.24, 2.45) is 0 Å². The normalized spacial score (nSPS) is 10.8. The van der Waals surface area contributed by atoms with Crippen molar-refractivity contribution in [1.29, 1.82) is 0 Å². The number of aryl methyl sites for hydroxylation is 1. The molecule has 3 rings (SSSR count). The van der Waals surface area contributed by atoms with Gasteiger partial charge in [0.2, 0.25) is 0 Å². The van der Waals surface area contributed by atoms with Gasteiger partial charge in [0.05, 0.1) is 13.2 Å². The van der Waals surface area contributed by atoms with Gasteiger partial charge in [-0.1, -0.05) is 47.4 Å². The summed E-state index contributed by atoms with van der Waals surface area (Å²) in [6.07, 6.45) is 0.955. The highest BCUT2D eigenvalue weighted by Crippen LogP contribution is 2.30. The van der Waals surface area contributed by atoms with E-state index in [9.17, 15) is 0 Å². The summed E-state index contributed by atoms with van der Waals surface area (Å²) in [6, 6.07) is 11.1. The average molecular weight is 436 g/mol. The SMILES string of the molecule is CCCn1nnc(NCc2ccc(OCc3ccc(Cl)cc3Cl)c(OCC)c2)n1. The molecule has 1 aromatic heterocycles. The number of anilines is 1. The molecule has 1 N–H and O–H groups in total. The lowest BCUT2D eigenvalue weighted by Crippen LogP contribution is -2.05. The number of halogens is 2. The Morgan fingerprint density at radius 1 is 1.03 bits per heavy atom. The Kier molecular flexibility index (Phi) is 7.55. The first-order valence-corrected chi connectivity index (χ1v) is 10.2. The minimum atomic E-state index is 0.318. The lowest BCUT2D eigenvalue weighted by Gasteiger charge is -2.14. The molecule has 29 heavy (non-hydrogen) atoms. The van der Waals surface area contributed by atoms with Crippen LogP contribution >= 0.6 is 23.2 Å². The molecule has 0 spiro atoms. The van der Waals surface area contributed by atoms with Gasteiger partial charge in [-0.25, -0.2) is 0 Å². The van der Waals surface area contributed by atoms with Crippen LogP contribution in [0, 0.1) is 0 Å². The Labute approximate surface area is 179 Å². The average Bonchev–Trinajstić information content (AvgIpc) is 3.15. The van der Waals surface area contributed by atoms with E-state index in [1.807, 2.05) is 31.2 Å². The van der Waals surface area contributed by atoms with Crippen LogP contribution in [0.1, 0.15) is 31.4 Å². The second kappa shape index (κ2) is 10.3. The topological polar surface area (TPSA) is 74.1 Å². The zero-order valence-corrected chi connectivity index (χ0v) is 17.9. The van der Waals surface area contributed by atoms with Gasteiger partial charge in [-0.15, -0.1) is 5.10 Å². The first kappa shape index (κ1) is 21.2. The smallest absolute Gasteiger partial charge is 0.263 e. The van der Waals surface area contributed by atoms with E-state index in [2.05, 4.69) is 27.7 Å². The number of aromatic nitrogens is 4. The highest BCUT2D eigenvalue weighted by atomic mass is 35.5. The molecule has 0 fully saturated rings. The molecular weight excluding hydrogens is 413 g/mol. The molecule has 7 nitrogen and oxygen atoms in total. The molecule has 0 saturated carbocycles. The van der Waals surface area contributed by atoms with Crippen LogP contribution in [0.5, 0.6) is 11.5 Å². The molecule has 2 aromatic carbocycles. The summed E-state index contributed by atoms with van der Waals surface area (Å²) in [5, 5.41) is 16.6. The van der Waals surface area contributed by atoms with Crippen LogP contribution in [0.3, 0.4) is 0 Å². The van der Waals surface area contributed by atoms with Gasteiger partial charge in [0.25, 0.3) is 5.95 Å². The minimum Gasteiger partial charge on any atom is -0.490 e. The summed E-state index contributed by atoms with van der Waals surface area (Å²) in [5.41, 5.74) is 1.86. The molecule has 0 radical (unpaired) electrons. The van der Waals surface area contributed by atoms with Gasteiger partial charge >= 0.3 is 0 Å². The van der Waals surface area contributed by atoms with Crippen molar-refractivity contribution < 1.29 is 9.47 Å². The van der Waals surface area contributed by atoms with Gasteiger partial charge in [-0.2, -0.15) is 4.80 Å². The van der Waals surface area contributed by atoms with E-state index in [4.69, 9.17) is 32.7 Å². The number of hydrogen-bond donors (Lipinski definition) is 1. The highest BCUT2D eigenvalue weighted by molar-refractivity contribution is 6.35. The predicted octanol–water partition coefficient (Wildman–Crippen LogP) is 4.98. The fourth-order valence-corrected chi connectivity index (χ4v) is 3.10. The summed E-state index contributed by atoms with van der Waals surface area (Å²) >= 11 is 12.2. The number of nitrogens with one attached hydrogen (secondary N) is 1. The molecule has 154 valence electrons. The Hall–Kier alpha value is -2.51. The van der Waals surface area contributed by atoms with Crippen LogP contribution in [0.2, 0.25) is 10.0 Å².